The van der Waals surface area contributed by atoms with Crippen LogP contribution in [0.25, 0.3) is 79.0 Å². The largest absolute Gasteiger partial charge is 0.309 e. The molecular formula is C36H21NS2. The van der Waals surface area contributed by atoms with Gasteiger partial charge in [0.25, 0.3) is 0 Å². The van der Waals surface area contributed by atoms with E-state index in [-0.39, 0.29) is 0 Å². The van der Waals surface area contributed by atoms with Gasteiger partial charge in [-0.3, -0.25) is 0 Å². The van der Waals surface area contributed by atoms with Gasteiger partial charge >= 0.3 is 0 Å². The van der Waals surface area contributed by atoms with Crippen LogP contribution in [0.15, 0.2) is 127 Å². The van der Waals surface area contributed by atoms with Gasteiger partial charge in [0.15, 0.2) is 0 Å². The molecular weight excluding hydrogens is 511 g/mol. The highest BCUT2D eigenvalue weighted by Crippen LogP contribution is 2.43. The third-order valence-electron chi connectivity index (χ3n) is 8.01. The van der Waals surface area contributed by atoms with Crippen molar-refractivity contribution in [2.45, 2.75) is 0 Å². The van der Waals surface area contributed by atoms with E-state index in [2.05, 4.69) is 132 Å². The number of nitrogens with zero attached hydrogens (tertiary/aromatic N) is 1. The Labute approximate surface area is 232 Å². The smallest absolute Gasteiger partial charge is 0.0541 e. The molecule has 0 aliphatic heterocycles. The molecule has 0 fully saturated rings. The molecule has 9 rings (SSSR count). The first kappa shape index (κ1) is 21.5. The topological polar surface area (TPSA) is 4.93 Å². The Morgan fingerprint density at radius 1 is 0.410 bits per heavy atom. The number of benzene rings is 6. The van der Waals surface area contributed by atoms with Gasteiger partial charge in [0.2, 0.25) is 0 Å². The fourth-order valence-electron chi connectivity index (χ4n) is 6.25. The molecule has 6 aromatic carbocycles. The summed E-state index contributed by atoms with van der Waals surface area (Å²) in [6.07, 6.45) is 0. The molecule has 3 aromatic heterocycles. The first-order valence-corrected chi connectivity index (χ1v) is 14.8. The zero-order valence-corrected chi connectivity index (χ0v) is 22.5. The lowest BCUT2D eigenvalue weighted by Gasteiger charge is -2.08. The van der Waals surface area contributed by atoms with E-state index in [1.165, 1.54) is 79.0 Å². The van der Waals surface area contributed by atoms with Gasteiger partial charge in [-0.05, 0) is 53.6 Å². The van der Waals surface area contributed by atoms with Crippen molar-refractivity contribution in [1.82, 2.24) is 4.57 Å². The second kappa shape index (κ2) is 8.03. The predicted molar refractivity (Wildman–Crippen MR) is 172 cm³/mol. The van der Waals surface area contributed by atoms with Crippen LogP contribution in [0.2, 0.25) is 0 Å². The van der Waals surface area contributed by atoms with E-state index in [4.69, 9.17) is 0 Å². The van der Waals surface area contributed by atoms with E-state index in [0.717, 1.165) is 0 Å². The molecule has 0 atom stereocenters. The zero-order chi connectivity index (χ0) is 25.5. The predicted octanol–water partition coefficient (Wildman–Crippen LogP) is 11.2. The van der Waals surface area contributed by atoms with Gasteiger partial charge in [0.05, 0.1) is 11.0 Å². The summed E-state index contributed by atoms with van der Waals surface area (Å²) < 4.78 is 7.77. The molecule has 0 aliphatic rings. The summed E-state index contributed by atoms with van der Waals surface area (Å²) in [5.74, 6) is 0. The molecule has 0 spiro atoms. The SMILES string of the molecule is c1ccc2c(c1)sc1ccc(-c3cccc4c3sc3cc(-n5c6ccccc6c6ccccc65)ccc34)cc12. The third kappa shape index (κ3) is 3.06. The second-order valence-corrected chi connectivity index (χ2v) is 12.3. The molecule has 0 saturated heterocycles. The average Bonchev–Trinajstić information content (AvgIpc) is 3.66. The lowest BCUT2D eigenvalue weighted by Crippen LogP contribution is -1.92. The minimum atomic E-state index is 1.21. The third-order valence-corrected chi connectivity index (χ3v) is 10.4. The molecule has 3 heteroatoms. The molecule has 1 nitrogen and oxygen atoms in total. The summed E-state index contributed by atoms with van der Waals surface area (Å²) in [6.45, 7) is 0. The molecule has 0 aliphatic carbocycles. The first-order chi connectivity index (χ1) is 19.3. The zero-order valence-electron chi connectivity index (χ0n) is 20.9. The minimum Gasteiger partial charge on any atom is -0.309 e. The molecule has 182 valence electrons. The van der Waals surface area contributed by atoms with Gasteiger partial charge in [-0.1, -0.05) is 84.9 Å². The number of para-hydroxylation sites is 2. The van der Waals surface area contributed by atoms with Crippen molar-refractivity contribution in [1.29, 1.82) is 0 Å². The van der Waals surface area contributed by atoms with E-state index in [1.54, 1.807) is 0 Å². The normalized spacial score (nSPS) is 12.1. The van der Waals surface area contributed by atoms with E-state index in [0.29, 0.717) is 0 Å². The van der Waals surface area contributed by atoms with Crippen LogP contribution in [-0.2, 0) is 0 Å². The van der Waals surface area contributed by atoms with Crippen molar-refractivity contribution in [2.75, 3.05) is 0 Å². The molecule has 0 N–H and O–H groups in total. The van der Waals surface area contributed by atoms with Crippen LogP contribution in [0, 0.1) is 0 Å². The number of rotatable bonds is 2. The van der Waals surface area contributed by atoms with Gasteiger partial charge in [0.1, 0.15) is 0 Å². The first-order valence-electron chi connectivity index (χ1n) is 13.2. The van der Waals surface area contributed by atoms with Crippen LogP contribution < -0.4 is 0 Å². The van der Waals surface area contributed by atoms with Gasteiger partial charge in [-0.25, -0.2) is 0 Å². The van der Waals surface area contributed by atoms with E-state index < -0.39 is 0 Å². The maximum Gasteiger partial charge on any atom is 0.0541 e. The fraction of sp³-hybridized carbons (Fsp3) is 0. The summed E-state index contributed by atoms with van der Waals surface area (Å²) in [6, 6.07) is 46.9. The van der Waals surface area contributed by atoms with Crippen LogP contribution in [0.3, 0.4) is 0 Å². The van der Waals surface area contributed by atoms with Gasteiger partial charge in [-0.15, -0.1) is 22.7 Å². The molecule has 9 aromatic rings. The van der Waals surface area contributed by atoms with Gasteiger partial charge in [0, 0.05) is 56.8 Å². The minimum absolute atomic E-state index is 1.21. The number of hydrogen-bond acceptors (Lipinski definition) is 2. The standard InChI is InChI=1S/C36H21NS2/c1-4-13-31-25(8-1)26-9-2-5-14-32(26)37(31)23-17-18-28-29-12-7-11-24(36(29)39-35(28)21-23)22-16-19-34-30(20-22)27-10-3-6-15-33(27)38-34/h1-21H. The fourth-order valence-corrected chi connectivity index (χ4v) is 8.61. The summed E-state index contributed by atoms with van der Waals surface area (Å²) in [7, 11) is 0. The van der Waals surface area contributed by atoms with E-state index in [1.807, 2.05) is 22.7 Å². The Kier molecular flexibility index (Phi) is 4.43. The molecule has 0 bridgehead atoms. The maximum absolute atomic E-state index is 2.41. The number of thiophene rings is 2. The van der Waals surface area contributed by atoms with Crippen molar-refractivity contribution < 1.29 is 0 Å². The van der Waals surface area contributed by atoms with Crippen LogP contribution in [-0.4, -0.2) is 4.57 Å². The van der Waals surface area contributed by atoms with Gasteiger partial charge < -0.3 is 4.57 Å². The van der Waals surface area contributed by atoms with Gasteiger partial charge in [-0.2, -0.15) is 0 Å². The Balaban J connectivity index is 1.27. The lowest BCUT2D eigenvalue weighted by atomic mass is 10.0. The summed E-state index contributed by atoms with van der Waals surface area (Å²) in [4.78, 5) is 0. The summed E-state index contributed by atoms with van der Waals surface area (Å²) in [5.41, 5.74) is 6.29. The quantitative estimate of drug-likeness (QED) is 0.209. The van der Waals surface area contributed by atoms with Crippen LogP contribution in [0.5, 0.6) is 0 Å². The highest BCUT2D eigenvalue weighted by atomic mass is 32.1. The number of hydrogen-bond donors (Lipinski definition) is 0. The molecule has 3 heterocycles. The molecule has 0 saturated carbocycles. The monoisotopic (exact) mass is 531 g/mol. The van der Waals surface area contributed by atoms with E-state index in [9.17, 15) is 0 Å². The Bertz CT molecular complexity index is 2350. The Hall–Kier alpha value is -4.44. The highest BCUT2D eigenvalue weighted by Gasteiger charge is 2.15. The summed E-state index contributed by atoms with van der Waals surface area (Å²) in [5, 5.41) is 7.94. The number of aromatic nitrogens is 1. The Morgan fingerprint density at radius 3 is 1.90 bits per heavy atom. The average molecular weight is 532 g/mol. The molecule has 0 unspecified atom stereocenters. The van der Waals surface area contributed by atoms with Crippen LogP contribution in [0.1, 0.15) is 0 Å². The molecule has 0 radical (unpaired) electrons. The maximum atomic E-state index is 2.41. The Morgan fingerprint density at radius 2 is 1.08 bits per heavy atom. The summed E-state index contributed by atoms with van der Waals surface area (Å²) >= 11 is 3.78. The van der Waals surface area contributed by atoms with Crippen molar-refractivity contribution >= 4 is 84.8 Å². The van der Waals surface area contributed by atoms with Crippen molar-refractivity contribution in [3.05, 3.63) is 127 Å². The highest BCUT2D eigenvalue weighted by molar-refractivity contribution is 7.26. The van der Waals surface area contributed by atoms with Crippen molar-refractivity contribution in [3.8, 4) is 16.8 Å². The van der Waals surface area contributed by atoms with E-state index >= 15 is 0 Å². The molecule has 39 heavy (non-hydrogen) atoms. The van der Waals surface area contributed by atoms with Crippen LogP contribution in [0.4, 0.5) is 0 Å². The van der Waals surface area contributed by atoms with Crippen LogP contribution >= 0.6 is 22.7 Å². The molecule has 0 amide bonds. The van der Waals surface area contributed by atoms with Crippen molar-refractivity contribution in [2.24, 2.45) is 0 Å². The number of fused-ring (bicyclic) bond motifs is 9. The lowest BCUT2D eigenvalue weighted by molar-refractivity contribution is 1.19. The van der Waals surface area contributed by atoms with Crippen molar-refractivity contribution in [3.63, 3.8) is 0 Å². The second-order valence-electron chi connectivity index (χ2n) is 10.1.